The zero-order valence-electron chi connectivity index (χ0n) is 5.06. The van der Waals surface area contributed by atoms with Crippen LogP contribution < -0.4 is 10.9 Å². The zero-order valence-corrected chi connectivity index (χ0v) is 7.46. The van der Waals surface area contributed by atoms with Crippen LogP contribution in [0.3, 0.4) is 0 Å². The fourth-order valence-corrected chi connectivity index (χ4v) is 1.72. The summed E-state index contributed by atoms with van der Waals surface area (Å²) in [6.45, 7) is 0. The van der Waals surface area contributed by atoms with Crippen molar-refractivity contribution in [3.05, 3.63) is 0 Å². The van der Waals surface area contributed by atoms with Crippen LogP contribution in [0.25, 0.3) is 0 Å². The molecule has 0 saturated heterocycles. The fraction of sp³-hybridized carbons (Fsp3) is 1.00. The molecule has 0 fully saturated rings. The van der Waals surface area contributed by atoms with Crippen LogP contribution in [-0.4, -0.2) is 19.0 Å². The van der Waals surface area contributed by atoms with Gasteiger partial charge < -0.3 is 0 Å². The van der Waals surface area contributed by atoms with Gasteiger partial charge in [-0.2, -0.15) is 0 Å². The van der Waals surface area contributed by atoms with Crippen LogP contribution in [-0.2, 0) is 4.57 Å². The van der Waals surface area contributed by atoms with E-state index in [1.807, 2.05) is 0 Å². The molecule has 0 aromatic carbocycles. The van der Waals surface area contributed by atoms with E-state index in [1.165, 1.54) is 0 Å². The average Bonchev–Trinajstić information content (AvgIpc) is 1.65. The number of hydrogen-bond acceptors (Lipinski definition) is 3. The van der Waals surface area contributed by atoms with Crippen molar-refractivity contribution in [3.63, 3.8) is 0 Å². The number of hydrogen-bond donors (Lipinski definition) is 2. The molecule has 0 aliphatic heterocycles. The van der Waals surface area contributed by atoms with Gasteiger partial charge in [0.2, 0.25) is 0 Å². The van der Waals surface area contributed by atoms with Crippen molar-refractivity contribution in [2.45, 2.75) is 0 Å². The van der Waals surface area contributed by atoms with Gasteiger partial charge in [0.25, 0.3) is 0 Å². The predicted octanol–water partition coefficient (Wildman–Crippen LogP) is 1.14. The van der Waals surface area contributed by atoms with Crippen molar-refractivity contribution in [2.24, 2.45) is 0 Å². The van der Waals surface area contributed by atoms with Crippen LogP contribution in [0.4, 0.5) is 0 Å². The second kappa shape index (κ2) is 3.76. The van der Waals surface area contributed by atoms with Crippen molar-refractivity contribution in [3.8, 4) is 0 Å². The lowest BCUT2D eigenvalue weighted by atomic mass is 11.4. The molecule has 9 heavy (non-hydrogen) atoms. The van der Waals surface area contributed by atoms with Crippen LogP contribution >= 0.6 is 28.5 Å². The standard InChI is InChI=1S/C2H8Cl2N3OP/c1-5-7(6-2)9(3,4)8/h5-6H,1-2H3. The molecule has 0 aromatic heterocycles. The minimum Gasteiger partial charge on any atom is -0.268 e. The topological polar surface area (TPSA) is 44.4 Å². The molecule has 0 radical (unpaired) electrons. The van der Waals surface area contributed by atoms with Crippen molar-refractivity contribution in [1.29, 1.82) is 0 Å². The van der Waals surface area contributed by atoms with Gasteiger partial charge in [-0.15, -0.1) is 0 Å². The van der Waals surface area contributed by atoms with E-state index in [9.17, 15) is 4.57 Å². The van der Waals surface area contributed by atoms with Gasteiger partial charge >= 0.3 is 6.00 Å². The number of halogens is 2. The van der Waals surface area contributed by atoms with Crippen LogP contribution in [0.15, 0.2) is 0 Å². The van der Waals surface area contributed by atoms with Crippen molar-refractivity contribution in [1.82, 2.24) is 15.7 Å². The van der Waals surface area contributed by atoms with Crippen LogP contribution in [0.5, 0.6) is 0 Å². The highest BCUT2D eigenvalue weighted by atomic mass is 35.9. The Hall–Kier alpha value is 0.690. The van der Waals surface area contributed by atoms with Gasteiger partial charge in [-0.3, -0.25) is 4.57 Å². The third kappa shape index (κ3) is 3.40. The molecule has 0 aliphatic rings. The number of nitrogens with one attached hydrogen (secondary N) is 2. The molecule has 0 heterocycles. The third-order valence-electron chi connectivity index (χ3n) is 0.656. The Bertz CT molecular complexity index is 121. The normalized spacial score (nSPS) is 12.6. The highest BCUT2D eigenvalue weighted by molar-refractivity contribution is 8.06. The van der Waals surface area contributed by atoms with Crippen LogP contribution in [0.2, 0.25) is 0 Å². The van der Waals surface area contributed by atoms with E-state index in [4.69, 9.17) is 22.5 Å². The molecule has 0 rings (SSSR count). The summed E-state index contributed by atoms with van der Waals surface area (Å²) in [6, 6.07) is 0. The number of rotatable bonds is 3. The van der Waals surface area contributed by atoms with Gasteiger partial charge in [-0.1, -0.05) is 4.89 Å². The Balaban J connectivity index is 3.96. The average molecular weight is 192 g/mol. The van der Waals surface area contributed by atoms with Gasteiger partial charge in [0.15, 0.2) is 0 Å². The summed E-state index contributed by atoms with van der Waals surface area (Å²) < 4.78 is 10.7. The largest absolute Gasteiger partial charge is 0.348 e. The number of hydrazine groups is 2. The molecule has 0 spiro atoms. The maximum absolute atomic E-state index is 10.7. The van der Waals surface area contributed by atoms with E-state index in [0.29, 0.717) is 0 Å². The zero-order chi connectivity index (χ0) is 7.49. The summed E-state index contributed by atoms with van der Waals surface area (Å²) in [5.74, 6) is -3.22. The van der Waals surface area contributed by atoms with E-state index < -0.39 is 6.00 Å². The lowest BCUT2D eigenvalue weighted by Gasteiger charge is -2.18. The molecule has 7 heteroatoms. The van der Waals surface area contributed by atoms with E-state index >= 15 is 0 Å². The third-order valence-corrected chi connectivity index (χ3v) is 2.43. The molecular weight excluding hydrogens is 184 g/mol. The highest BCUT2D eigenvalue weighted by Crippen LogP contribution is 2.57. The molecule has 0 atom stereocenters. The predicted molar refractivity (Wildman–Crippen MR) is 39.3 cm³/mol. The maximum atomic E-state index is 10.7. The Labute approximate surface area is 63.4 Å². The molecule has 56 valence electrons. The quantitative estimate of drug-likeness (QED) is 0.519. The molecule has 0 amide bonds. The first kappa shape index (κ1) is 9.69. The summed E-state index contributed by atoms with van der Waals surface area (Å²) in [4.78, 5) is 1.02. The Kier molecular flexibility index (Phi) is 4.05. The lowest BCUT2D eigenvalue weighted by Crippen LogP contribution is -2.38. The highest BCUT2D eigenvalue weighted by Gasteiger charge is 2.21. The first-order valence-electron chi connectivity index (χ1n) is 2.17. The van der Waals surface area contributed by atoms with Gasteiger partial charge in [-0.25, -0.2) is 10.9 Å². The van der Waals surface area contributed by atoms with E-state index in [2.05, 4.69) is 10.9 Å². The summed E-state index contributed by atoms with van der Waals surface area (Å²) in [5.41, 5.74) is 4.97. The van der Waals surface area contributed by atoms with Crippen molar-refractivity contribution >= 4 is 28.5 Å². The molecule has 0 saturated carbocycles. The Morgan fingerprint density at radius 3 is 1.67 bits per heavy atom. The Morgan fingerprint density at radius 2 is 1.67 bits per heavy atom. The fourth-order valence-electron chi connectivity index (χ4n) is 0.345. The molecule has 0 aromatic rings. The van der Waals surface area contributed by atoms with E-state index in [0.717, 1.165) is 4.89 Å². The van der Waals surface area contributed by atoms with E-state index in [1.54, 1.807) is 14.1 Å². The summed E-state index contributed by atoms with van der Waals surface area (Å²) in [5, 5.41) is 0. The van der Waals surface area contributed by atoms with Gasteiger partial charge in [0.1, 0.15) is 0 Å². The maximum Gasteiger partial charge on any atom is 0.348 e. The van der Waals surface area contributed by atoms with Gasteiger partial charge in [-0.05, 0) is 22.5 Å². The van der Waals surface area contributed by atoms with Gasteiger partial charge in [0.05, 0.1) is 0 Å². The smallest absolute Gasteiger partial charge is 0.268 e. The molecular formula is C2H8Cl2N3OP. The molecule has 0 unspecified atom stereocenters. The first-order valence-corrected chi connectivity index (χ1v) is 5.64. The summed E-state index contributed by atoms with van der Waals surface area (Å²) in [7, 11) is 3.10. The Morgan fingerprint density at radius 1 is 1.33 bits per heavy atom. The summed E-state index contributed by atoms with van der Waals surface area (Å²) in [6.07, 6.45) is 0. The first-order chi connectivity index (χ1) is 4.02. The second-order valence-corrected chi connectivity index (χ2v) is 5.73. The molecule has 2 N–H and O–H groups in total. The van der Waals surface area contributed by atoms with E-state index in [-0.39, 0.29) is 0 Å². The minimum absolute atomic E-state index is 1.02. The summed E-state index contributed by atoms with van der Waals surface area (Å²) >= 11 is 10.4. The lowest BCUT2D eigenvalue weighted by molar-refractivity contribution is 0.289. The molecule has 0 bridgehead atoms. The van der Waals surface area contributed by atoms with Crippen molar-refractivity contribution in [2.75, 3.05) is 14.1 Å². The number of nitrogens with zero attached hydrogens (tertiary/aromatic N) is 1. The molecule has 0 aliphatic carbocycles. The molecule has 4 nitrogen and oxygen atoms in total. The SMILES string of the molecule is CNN(NC)P(=O)(Cl)Cl. The van der Waals surface area contributed by atoms with Gasteiger partial charge in [0, 0.05) is 14.1 Å². The van der Waals surface area contributed by atoms with Crippen LogP contribution in [0, 0.1) is 0 Å². The monoisotopic (exact) mass is 191 g/mol. The van der Waals surface area contributed by atoms with Crippen LogP contribution in [0.1, 0.15) is 0 Å². The second-order valence-electron chi connectivity index (χ2n) is 1.19. The van der Waals surface area contributed by atoms with Crippen molar-refractivity contribution < 1.29 is 4.57 Å². The minimum atomic E-state index is -3.22.